The molecule has 0 saturated heterocycles. The first-order chi connectivity index (χ1) is 8.49. The Morgan fingerprint density at radius 1 is 1.39 bits per heavy atom. The van der Waals surface area contributed by atoms with E-state index in [0.717, 1.165) is 0 Å². The molecule has 2 aromatic rings. The van der Waals surface area contributed by atoms with Gasteiger partial charge in [0, 0.05) is 0 Å². The van der Waals surface area contributed by atoms with Crippen molar-refractivity contribution in [2.75, 3.05) is 5.73 Å². The van der Waals surface area contributed by atoms with Crippen molar-refractivity contribution < 1.29 is 4.39 Å². The van der Waals surface area contributed by atoms with Crippen molar-refractivity contribution in [3.8, 4) is 0 Å². The van der Waals surface area contributed by atoms with Crippen LogP contribution in [0, 0.1) is 5.82 Å². The van der Waals surface area contributed by atoms with E-state index in [0.29, 0.717) is 5.56 Å². The van der Waals surface area contributed by atoms with E-state index in [4.69, 9.17) is 28.9 Å². The minimum absolute atomic E-state index is 0.0276. The molecule has 0 unspecified atom stereocenters. The first-order valence-electron chi connectivity index (χ1n) is 4.93. The molecule has 0 atom stereocenters. The van der Waals surface area contributed by atoms with E-state index >= 15 is 0 Å². The van der Waals surface area contributed by atoms with Crippen molar-refractivity contribution >= 4 is 28.9 Å². The molecule has 2 N–H and O–H groups in total. The molecule has 0 spiro atoms. The highest BCUT2D eigenvalue weighted by molar-refractivity contribution is 6.31. The zero-order valence-electron chi connectivity index (χ0n) is 9.03. The second kappa shape index (κ2) is 4.96. The lowest BCUT2D eigenvalue weighted by Gasteiger charge is -2.07. The van der Waals surface area contributed by atoms with E-state index in [1.807, 2.05) is 0 Å². The Bertz CT molecular complexity index is 657. The van der Waals surface area contributed by atoms with E-state index in [2.05, 4.69) is 4.98 Å². The van der Waals surface area contributed by atoms with Crippen LogP contribution in [0.15, 0.2) is 29.3 Å². The van der Waals surface area contributed by atoms with Crippen LogP contribution >= 0.6 is 23.2 Å². The third-order valence-corrected chi connectivity index (χ3v) is 2.97. The molecule has 2 rings (SSSR count). The highest BCUT2D eigenvalue weighted by Gasteiger charge is 2.07. The van der Waals surface area contributed by atoms with Crippen molar-refractivity contribution in [3.05, 3.63) is 56.4 Å². The normalized spacial score (nSPS) is 10.6. The molecule has 18 heavy (non-hydrogen) atoms. The van der Waals surface area contributed by atoms with Crippen LogP contribution in [-0.2, 0) is 6.54 Å². The molecular formula is C11H8Cl2FN3O. The summed E-state index contributed by atoms with van der Waals surface area (Å²) in [5.41, 5.74) is 5.44. The summed E-state index contributed by atoms with van der Waals surface area (Å²) in [4.78, 5) is 15.5. The molecule has 0 radical (unpaired) electrons. The summed E-state index contributed by atoms with van der Waals surface area (Å²) in [6.07, 6.45) is 1.26. The quantitative estimate of drug-likeness (QED) is 0.863. The molecule has 1 heterocycles. The van der Waals surface area contributed by atoms with Crippen LogP contribution in [0.1, 0.15) is 5.56 Å². The number of benzene rings is 1. The van der Waals surface area contributed by atoms with Gasteiger partial charge >= 0.3 is 0 Å². The molecule has 0 amide bonds. The van der Waals surface area contributed by atoms with Crippen LogP contribution in [0.5, 0.6) is 0 Å². The van der Waals surface area contributed by atoms with Crippen molar-refractivity contribution in [2.24, 2.45) is 0 Å². The van der Waals surface area contributed by atoms with Gasteiger partial charge in [-0.15, -0.1) is 0 Å². The monoisotopic (exact) mass is 287 g/mol. The fraction of sp³-hybridized carbons (Fsp3) is 0.0909. The molecule has 94 valence electrons. The van der Waals surface area contributed by atoms with Gasteiger partial charge in [-0.1, -0.05) is 29.3 Å². The van der Waals surface area contributed by atoms with Crippen LogP contribution in [0.3, 0.4) is 0 Å². The first-order valence-corrected chi connectivity index (χ1v) is 5.69. The Morgan fingerprint density at radius 2 is 2.11 bits per heavy atom. The first kappa shape index (κ1) is 12.9. The molecule has 4 nitrogen and oxygen atoms in total. The number of hydrogen-bond donors (Lipinski definition) is 1. The maximum Gasteiger partial charge on any atom is 0.278 e. The standard InChI is InChI=1S/C11H8Cl2FN3O/c12-7-2-1-6(3-8(7)14)4-17-5-16-10(13)9(15)11(17)18/h1-3,5H,4,15H2. The lowest BCUT2D eigenvalue weighted by atomic mass is 10.2. The van der Waals surface area contributed by atoms with Gasteiger partial charge in [0.2, 0.25) is 0 Å². The fourth-order valence-electron chi connectivity index (χ4n) is 1.43. The number of nitrogens with two attached hydrogens (primary N) is 1. The Hall–Kier alpha value is -1.59. The fourth-order valence-corrected chi connectivity index (χ4v) is 1.67. The average Bonchev–Trinajstić information content (AvgIpc) is 2.34. The van der Waals surface area contributed by atoms with Crippen LogP contribution in [0.25, 0.3) is 0 Å². The van der Waals surface area contributed by atoms with E-state index < -0.39 is 11.4 Å². The van der Waals surface area contributed by atoms with Gasteiger partial charge in [-0.05, 0) is 17.7 Å². The number of rotatable bonds is 2. The predicted octanol–water partition coefficient (Wildman–Crippen LogP) is 2.32. The topological polar surface area (TPSA) is 60.9 Å². The lowest BCUT2D eigenvalue weighted by Crippen LogP contribution is -2.24. The van der Waals surface area contributed by atoms with Gasteiger partial charge in [-0.25, -0.2) is 9.37 Å². The molecule has 0 aliphatic heterocycles. The lowest BCUT2D eigenvalue weighted by molar-refractivity contribution is 0.622. The van der Waals surface area contributed by atoms with E-state index in [1.54, 1.807) is 6.07 Å². The zero-order chi connectivity index (χ0) is 13.3. The molecule has 1 aromatic heterocycles. The number of nitrogens with zero attached hydrogens (tertiary/aromatic N) is 2. The van der Waals surface area contributed by atoms with Gasteiger partial charge in [0.15, 0.2) is 5.15 Å². The second-order valence-electron chi connectivity index (χ2n) is 3.63. The molecule has 1 aromatic carbocycles. The molecule has 0 aliphatic rings. The highest BCUT2D eigenvalue weighted by atomic mass is 35.5. The summed E-state index contributed by atoms with van der Waals surface area (Å²) in [5, 5.41) is -0.0154. The molecular weight excluding hydrogens is 280 g/mol. The molecule has 0 aliphatic carbocycles. The Balaban J connectivity index is 2.37. The number of halogens is 3. The number of hydrogen-bond acceptors (Lipinski definition) is 3. The summed E-state index contributed by atoms with van der Waals surface area (Å²) >= 11 is 11.2. The van der Waals surface area contributed by atoms with Gasteiger partial charge < -0.3 is 5.73 Å². The molecule has 0 fully saturated rings. The van der Waals surface area contributed by atoms with Gasteiger partial charge in [-0.2, -0.15) is 0 Å². The predicted molar refractivity (Wildman–Crippen MR) is 68.4 cm³/mol. The Morgan fingerprint density at radius 3 is 2.78 bits per heavy atom. The van der Waals surface area contributed by atoms with Crippen molar-refractivity contribution in [2.45, 2.75) is 6.54 Å². The Labute approximate surface area is 112 Å². The summed E-state index contributed by atoms with van der Waals surface area (Å²) in [6, 6.07) is 4.28. The van der Waals surface area contributed by atoms with E-state index in [1.165, 1.54) is 23.0 Å². The van der Waals surface area contributed by atoms with Crippen molar-refractivity contribution in [1.82, 2.24) is 9.55 Å². The van der Waals surface area contributed by atoms with Gasteiger partial charge in [0.25, 0.3) is 5.56 Å². The number of anilines is 1. The minimum Gasteiger partial charge on any atom is -0.392 e. The highest BCUT2D eigenvalue weighted by Crippen LogP contribution is 2.16. The summed E-state index contributed by atoms with van der Waals surface area (Å²) in [5.74, 6) is -0.544. The van der Waals surface area contributed by atoms with E-state index in [9.17, 15) is 9.18 Å². The zero-order valence-corrected chi connectivity index (χ0v) is 10.5. The van der Waals surface area contributed by atoms with Crippen LogP contribution in [0.2, 0.25) is 10.2 Å². The third-order valence-electron chi connectivity index (χ3n) is 2.36. The second-order valence-corrected chi connectivity index (χ2v) is 4.40. The van der Waals surface area contributed by atoms with E-state index in [-0.39, 0.29) is 22.4 Å². The van der Waals surface area contributed by atoms with Crippen molar-refractivity contribution in [3.63, 3.8) is 0 Å². The summed E-state index contributed by atoms with van der Waals surface area (Å²) in [6.45, 7) is 0.140. The molecule has 0 bridgehead atoms. The maximum atomic E-state index is 13.2. The minimum atomic E-state index is -0.544. The number of nitrogen functional groups attached to an aromatic ring is 1. The SMILES string of the molecule is Nc1c(Cl)ncn(Cc2ccc(Cl)c(F)c2)c1=O. The molecule has 0 saturated carbocycles. The number of aromatic nitrogens is 2. The van der Waals surface area contributed by atoms with Gasteiger partial charge in [0.1, 0.15) is 11.5 Å². The largest absolute Gasteiger partial charge is 0.392 e. The maximum absolute atomic E-state index is 13.2. The third kappa shape index (κ3) is 2.47. The van der Waals surface area contributed by atoms with Crippen molar-refractivity contribution in [1.29, 1.82) is 0 Å². The molecule has 7 heteroatoms. The Kier molecular flexibility index (Phi) is 3.54. The van der Waals surface area contributed by atoms with Gasteiger partial charge in [0.05, 0.1) is 17.9 Å². The van der Waals surface area contributed by atoms with Crippen LogP contribution in [-0.4, -0.2) is 9.55 Å². The van der Waals surface area contributed by atoms with Crippen LogP contribution in [0.4, 0.5) is 10.1 Å². The smallest absolute Gasteiger partial charge is 0.278 e. The summed E-state index contributed by atoms with van der Waals surface area (Å²) in [7, 11) is 0. The van der Waals surface area contributed by atoms with Crippen LogP contribution < -0.4 is 11.3 Å². The summed E-state index contributed by atoms with van der Waals surface area (Å²) < 4.78 is 14.5. The van der Waals surface area contributed by atoms with Gasteiger partial charge in [-0.3, -0.25) is 9.36 Å². The average molecular weight is 288 g/mol.